The summed E-state index contributed by atoms with van der Waals surface area (Å²) >= 11 is 6.16. The zero-order chi connectivity index (χ0) is 24.0. The van der Waals surface area contributed by atoms with Crippen LogP contribution in [0.5, 0.6) is 5.75 Å². The van der Waals surface area contributed by atoms with Crippen molar-refractivity contribution in [3.05, 3.63) is 83.4 Å². The van der Waals surface area contributed by atoms with E-state index in [-0.39, 0.29) is 5.91 Å². The molecule has 0 radical (unpaired) electrons. The molecule has 0 unspecified atom stereocenters. The molecular weight excluding hydrogens is 448 g/mol. The first kappa shape index (κ1) is 25.5. The van der Waals surface area contributed by atoms with Crippen molar-refractivity contribution < 1.29 is 9.53 Å². The number of methoxy groups -OCH3 is 1. The molecule has 2 aromatic carbocycles. The summed E-state index contributed by atoms with van der Waals surface area (Å²) in [7, 11) is 1.62. The van der Waals surface area contributed by atoms with Crippen LogP contribution in [0.25, 0.3) is 11.8 Å². The number of carbonyl (C=O) groups is 1. The third-order valence-electron chi connectivity index (χ3n) is 5.45. The summed E-state index contributed by atoms with van der Waals surface area (Å²) in [6.45, 7) is 2.62. The monoisotopic (exact) mass is 480 g/mol. The van der Waals surface area contributed by atoms with Crippen LogP contribution in [0.15, 0.2) is 67.3 Å². The SMILES string of the molecule is COc1ccc(CCCNCCCCNC(=O)C/C=C/c2ccc(-n3ccnc3)cc2)cc1Cl. The number of benzene rings is 2. The first-order chi connectivity index (χ1) is 16.7. The topological polar surface area (TPSA) is 68.2 Å². The molecular formula is C27H33ClN4O2. The second kappa shape index (κ2) is 14.2. The Morgan fingerprint density at radius 3 is 2.62 bits per heavy atom. The summed E-state index contributed by atoms with van der Waals surface area (Å²) in [6.07, 6.45) is 13.7. The third kappa shape index (κ3) is 8.69. The summed E-state index contributed by atoms with van der Waals surface area (Å²) < 4.78 is 7.13. The number of halogens is 1. The molecule has 1 aromatic heterocycles. The number of amides is 1. The van der Waals surface area contributed by atoms with Crippen LogP contribution in [0.4, 0.5) is 0 Å². The largest absolute Gasteiger partial charge is 0.495 e. The molecule has 0 aliphatic rings. The zero-order valence-corrected chi connectivity index (χ0v) is 20.4. The molecule has 180 valence electrons. The highest BCUT2D eigenvalue weighted by Crippen LogP contribution is 2.25. The molecule has 7 heteroatoms. The van der Waals surface area contributed by atoms with Gasteiger partial charge in [-0.3, -0.25) is 4.79 Å². The number of aromatic nitrogens is 2. The molecule has 0 aliphatic heterocycles. The Labute approximate surface area is 207 Å². The van der Waals surface area contributed by atoms with Crippen molar-refractivity contribution in [2.45, 2.75) is 32.1 Å². The van der Waals surface area contributed by atoms with E-state index in [0.29, 0.717) is 23.7 Å². The minimum absolute atomic E-state index is 0.0531. The molecule has 0 fully saturated rings. The highest BCUT2D eigenvalue weighted by Gasteiger charge is 2.02. The van der Waals surface area contributed by atoms with E-state index in [1.54, 1.807) is 19.6 Å². The Kier molecular flexibility index (Phi) is 10.7. The fourth-order valence-corrected chi connectivity index (χ4v) is 3.83. The van der Waals surface area contributed by atoms with E-state index >= 15 is 0 Å². The second-order valence-electron chi connectivity index (χ2n) is 8.05. The number of carbonyl (C=O) groups excluding carboxylic acids is 1. The van der Waals surface area contributed by atoms with Crippen LogP contribution in [-0.4, -0.2) is 42.2 Å². The van der Waals surface area contributed by atoms with Gasteiger partial charge >= 0.3 is 0 Å². The first-order valence-corrected chi connectivity index (χ1v) is 12.1. The Hall–Kier alpha value is -3.09. The maximum atomic E-state index is 12.0. The van der Waals surface area contributed by atoms with Gasteiger partial charge in [0, 0.05) is 31.0 Å². The molecule has 0 bridgehead atoms. The molecule has 0 saturated carbocycles. The summed E-state index contributed by atoms with van der Waals surface area (Å²) in [6, 6.07) is 14.1. The lowest BCUT2D eigenvalue weighted by Crippen LogP contribution is -2.24. The lowest BCUT2D eigenvalue weighted by molar-refractivity contribution is -0.120. The van der Waals surface area contributed by atoms with Crippen molar-refractivity contribution in [1.29, 1.82) is 0 Å². The van der Waals surface area contributed by atoms with Crippen molar-refractivity contribution in [3.63, 3.8) is 0 Å². The number of nitrogens with zero attached hydrogens (tertiary/aromatic N) is 2. The van der Waals surface area contributed by atoms with E-state index in [9.17, 15) is 4.79 Å². The van der Waals surface area contributed by atoms with Gasteiger partial charge in [0.2, 0.25) is 5.91 Å². The average molecular weight is 481 g/mol. The quantitative estimate of drug-likeness (QED) is 0.316. The Morgan fingerprint density at radius 2 is 1.88 bits per heavy atom. The van der Waals surface area contributed by atoms with E-state index in [0.717, 1.165) is 50.0 Å². The van der Waals surface area contributed by atoms with E-state index < -0.39 is 0 Å². The van der Waals surface area contributed by atoms with Crippen LogP contribution in [-0.2, 0) is 11.2 Å². The standard InChI is InChI=1S/C27H33ClN4O2/c1-34-26-14-11-23(20-25(26)28)7-5-16-29-15-2-3-17-31-27(33)8-4-6-22-9-12-24(13-10-22)32-19-18-30-21-32/h4,6,9-14,18-21,29H,2-3,5,7-8,15-17H2,1H3,(H,31,33)/b6-4+. The summed E-state index contributed by atoms with van der Waals surface area (Å²) in [5, 5.41) is 7.10. The molecule has 0 saturated heterocycles. The lowest BCUT2D eigenvalue weighted by Gasteiger charge is -2.07. The van der Waals surface area contributed by atoms with Crippen molar-refractivity contribution >= 4 is 23.6 Å². The predicted molar refractivity (Wildman–Crippen MR) is 139 cm³/mol. The van der Waals surface area contributed by atoms with Crippen LogP contribution in [0.2, 0.25) is 5.02 Å². The van der Waals surface area contributed by atoms with Gasteiger partial charge in [0.25, 0.3) is 0 Å². The van der Waals surface area contributed by atoms with Crippen molar-refractivity contribution in [1.82, 2.24) is 20.2 Å². The van der Waals surface area contributed by atoms with Gasteiger partial charge in [0.15, 0.2) is 0 Å². The number of hydrogen-bond acceptors (Lipinski definition) is 4. The Balaban J connectivity index is 1.19. The highest BCUT2D eigenvalue weighted by atomic mass is 35.5. The molecule has 1 amide bonds. The fourth-order valence-electron chi connectivity index (χ4n) is 3.55. The zero-order valence-electron chi connectivity index (χ0n) is 19.7. The first-order valence-electron chi connectivity index (χ1n) is 11.7. The van der Waals surface area contributed by atoms with E-state index in [4.69, 9.17) is 16.3 Å². The molecule has 3 aromatic rings. The lowest BCUT2D eigenvalue weighted by atomic mass is 10.1. The van der Waals surface area contributed by atoms with E-state index in [2.05, 4.69) is 21.7 Å². The molecule has 1 heterocycles. The van der Waals surface area contributed by atoms with Gasteiger partial charge in [-0.15, -0.1) is 0 Å². The van der Waals surface area contributed by atoms with Crippen molar-refractivity contribution in [2.75, 3.05) is 26.7 Å². The number of imidazole rings is 1. The molecule has 3 rings (SSSR count). The van der Waals surface area contributed by atoms with E-state index in [1.807, 2.05) is 59.3 Å². The highest BCUT2D eigenvalue weighted by molar-refractivity contribution is 6.32. The summed E-state index contributed by atoms with van der Waals surface area (Å²) in [5.74, 6) is 0.765. The molecule has 0 aliphatic carbocycles. The minimum Gasteiger partial charge on any atom is -0.495 e. The number of ether oxygens (including phenoxy) is 1. The van der Waals surface area contributed by atoms with E-state index in [1.165, 1.54) is 5.56 Å². The molecule has 6 nitrogen and oxygen atoms in total. The second-order valence-corrected chi connectivity index (χ2v) is 8.45. The maximum absolute atomic E-state index is 12.0. The smallest absolute Gasteiger partial charge is 0.223 e. The fraction of sp³-hybridized carbons (Fsp3) is 0.333. The number of nitrogens with one attached hydrogen (secondary N) is 2. The van der Waals surface area contributed by atoms with Gasteiger partial charge in [-0.2, -0.15) is 0 Å². The van der Waals surface area contributed by atoms with Gasteiger partial charge < -0.3 is 19.9 Å². The maximum Gasteiger partial charge on any atom is 0.223 e. The van der Waals surface area contributed by atoms with Gasteiger partial charge in [-0.1, -0.05) is 42.0 Å². The van der Waals surface area contributed by atoms with Crippen LogP contribution in [0, 0.1) is 0 Å². The average Bonchev–Trinajstić information content (AvgIpc) is 3.39. The van der Waals surface area contributed by atoms with Crippen LogP contribution in [0.1, 0.15) is 36.8 Å². The summed E-state index contributed by atoms with van der Waals surface area (Å²) in [4.78, 5) is 16.1. The van der Waals surface area contributed by atoms with Crippen LogP contribution >= 0.6 is 11.6 Å². The Bertz CT molecular complexity index is 1030. The third-order valence-corrected chi connectivity index (χ3v) is 5.74. The normalized spacial score (nSPS) is 11.1. The number of aryl methyl sites for hydroxylation is 1. The van der Waals surface area contributed by atoms with Gasteiger partial charge in [0.05, 0.1) is 18.5 Å². The number of rotatable bonds is 14. The minimum atomic E-state index is 0.0531. The molecule has 0 spiro atoms. The predicted octanol–water partition coefficient (Wildman–Crippen LogP) is 5.06. The molecule has 0 atom stereocenters. The molecule has 2 N–H and O–H groups in total. The van der Waals surface area contributed by atoms with Crippen molar-refractivity contribution in [2.24, 2.45) is 0 Å². The van der Waals surface area contributed by atoms with Gasteiger partial charge in [-0.25, -0.2) is 4.98 Å². The Morgan fingerprint density at radius 1 is 1.09 bits per heavy atom. The number of hydrogen-bond donors (Lipinski definition) is 2. The van der Waals surface area contributed by atoms with Crippen molar-refractivity contribution in [3.8, 4) is 11.4 Å². The summed E-state index contributed by atoms with van der Waals surface area (Å²) in [5.41, 5.74) is 3.35. The van der Waals surface area contributed by atoms with Gasteiger partial charge in [0.1, 0.15) is 5.75 Å². The van der Waals surface area contributed by atoms with Crippen LogP contribution < -0.4 is 15.4 Å². The number of unbranched alkanes of at least 4 members (excludes halogenated alkanes) is 1. The molecule has 34 heavy (non-hydrogen) atoms. The van der Waals surface area contributed by atoms with Gasteiger partial charge in [-0.05, 0) is 74.2 Å². The van der Waals surface area contributed by atoms with Crippen LogP contribution in [0.3, 0.4) is 0 Å².